The van der Waals surface area contributed by atoms with E-state index in [-0.39, 0.29) is 12.5 Å². The molecule has 0 atom stereocenters. The van der Waals surface area contributed by atoms with Crippen molar-refractivity contribution in [1.82, 2.24) is 5.32 Å². The first kappa shape index (κ1) is 21.3. The summed E-state index contributed by atoms with van der Waals surface area (Å²) in [6, 6.07) is 15.4. The third-order valence-electron chi connectivity index (χ3n) is 3.91. The number of aryl methyl sites for hydroxylation is 2. The molecule has 2 aromatic rings. The van der Waals surface area contributed by atoms with Crippen LogP contribution in [0.2, 0.25) is 0 Å². The topological polar surface area (TPSA) is 66.5 Å². The highest BCUT2D eigenvalue weighted by Gasteiger charge is 2.20. The minimum absolute atomic E-state index is 0.215. The Balaban J connectivity index is 1.81. The quantitative estimate of drug-likeness (QED) is 0.512. The third kappa shape index (κ3) is 7.27. The number of anilines is 1. The van der Waals surface area contributed by atoms with Crippen LogP contribution in [0.1, 0.15) is 17.5 Å². The zero-order valence-electron chi connectivity index (χ0n) is 15.9. The Morgan fingerprint density at radius 2 is 1.78 bits per heavy atom. The van der Waals surface area contributed by atoms with Crippen LogP contribution < -0.4 is 9.62 Å². The second-order valence-corrected chi connectivity index (χ2v) is 9.55. The Hall–Kier alpha value is -1.99. The van der Waals surface area contributed by atoms with Gasteiger partial charge >= 0.3 is 0 Å². The van der Waals surface area contributed by atoms with Crippen molar-refractivity contribution in [3.05, 3.63) is 59.7 Å². The van der Waals surface area contributed by atoms with Gasteiger partial charge in [0.05, 0.1) is 11.9 Å². The molecule has 7 heteroatoms. The average molecular weight is 407 g/mol. The predicted octanol–water partition coefficient (Wildman–Crippen LogP) is 3.37. The monoisotopic (exact) mass is 406 g/mol. The summed E-state index contributed by atoms with van der Waals surface area (Å²) in [7, 11) is -3.54. The number of benzene rings is 2. The Labute approximate surface area is 166 Å². The SMILES string of the molecule is Cc1ccc(SCCCNC(=O)CN(c2cccc(C)c2)S(C)(=O)=O)cc1. The number of nitrogens with one attached hydrogen (secondary N) is 1. The predicted molar refractivity (Wildman–Crippen MR) is 113 cm³/mol. The maximum Gasteiger partial charge on any atom is 0.240 e. The van der Waals surface area contributed by atoms with Crippen LogP contribution in [0.15, 0.2) is 53.4 Å². The van der Waals surface area contributed by atoms with Crippen LogP contribution in [0, 0.1) is 13.8 Å². The van der Waals surface area contributed by atoms with Crippen molar-refractivity contribution in [2.24, 2.45) is 0 Å². The summed E-state index contributed by atoms with van der Waals surface area (Å²) in [4.78, 5) is 13.4. The molecule has 0 aliphatic carbocycles. The molecule has 27 heavy (non-hydrogen) atoms. The summed E-state index contributed by atoms with van der Waals surface area (Å²) in [5.41, 5.74) is 2.67. The van der Waals surface area contributed by atoms with Crippen LogP contribution in [-0.4, -0.2) is 39.4 Å². The second kappa shape index (κ2) is 9.80. The van der Waals surface area contributed by atoms with Gasteiger partial charge in [0.1, 0.15) is 6.54 Å². The van der Waals surface area contributed by atoms with Gasteiger partial charge in [0.2, 0.25) is 15.9 Å². The van der Waals surface area contributed by atoms with Gasteiger partial charge in [-0.05, 0) is 55.9 Å². The Bertz CT molecular complexity index is 865. The summed E-state index contributed by atoms with van der Waals surface area (Å²) in [5, 5.41) is 2.81. The average Bonchev–Trinajstić information content (AvgIpc) is 2.60. The molecular formula is C20H26N2O3S2. The van der Waals surface area contributed by atoms with E-state index >= 15 is 0 Å². The van der Waals surface area contributed by atoms with E-state index in [0.29, 0.717) is 12.2 Å². The molecule has 0 saturated carbocycles. The van der Waals surface area contributed by atoms with E-state index in [2.05, 4.69) is 36.5 Å². The summed E-state index contributed by atoms with van der Waals surface area (Å²) < 4.78 is 25.3. The van der Waals surface area contributed by atoms with Crippen LogP contribution in [0.3, 0.4) is 0 Å². The van der Waals surface area contributed by atoms with E-state index in [9.17, 15) is 13.2 Å². The Morgan fingerprint density at radius 1 is 1.07 bits per heavy atom. The van der Waals surface area contributed by atoms with Gasteiger partial charge in [0, 0.05) is 11.4 Å². The summed E-state index contributed by atoms with van der Waals surface area (Å²) in [5.74, 6) is 0.582. The molecule has 0 aliphatic rings. The van der Waals surface area contributed by atoms with Crippen LogP contribution in [0.4, 0.5) is 5.69 Å². The molecule has 0 heterocycles. The first-order valence-electron chi connectivity index (χ1n) is 8.76. The van der Waals surface area contributed by atoms with E-state index in [0.717, 1.165) is 28.3 Å². The molecule has 0 radical (unpaired) electrons. The maximum atomic E-state index is 12.2. The molecule has 146 valence electrons. The van der Waals surface area contributed by atoms with Gasteiger partial charge in [-0.3, -0.25) is 9.10 Å². The van der Waals surface area contributed by atoms with E-state index < -0.39 is 10.0 Å². The molecule has 0 spiro atoms. The minimum Gasteiger partial charge on any atom is -0.354 e. The molecule has 1 N–H and O–H groups in total. The number of hydrogen-bond donors (Lipinski definition) is 1. The maximum absolute atomic E-state index is 12.2. The molecule has 0 bridgehead atoms. The molecule has 1 amide bonds. The number of carbonyl (C=O) groups is 1. The smallest absolute Gasteiger partial charge is 0.240 e. The number of thioether (sulfide) groups is 1. The second-order valence-electron chi connectivity index (χ2n) is 6.47. The van der Waals surface area contributed by atoms with Gasteiger partial charge in [-0.1, -0.05) is 29.8 Å². The van der Waals surface area contributed by atoms with E-state index in [1.54, 1.807) is 30.0 Å². The highest BCUT2D eigenvalue weighted by Crippen LogP contribution is 2.19. The van der Waals surface area contributed by atoms with Crippen molar-refractivity contribution in [1.29, 1.82) is 0 Å². The summed E-state index contributed by atoms with van der Waals surface area (Å²) in [6.07, 6.45) is 1.93. The third-order valence-corrected chi connectivity index (χ3v) is 6.15. The van der Waals surface area contributed by atoms with Crippen molar-refractivity contribution in [2.45, 2.75) is 25.2 Å². The number of amides is 1. The lowest BCUT2D eigenvalue weighted by Crippen LogP contribution is -2.40. The van der Waals surface area contributed by atoms with Gasteiger partial charge in [0.25, 0.3) is 0 Å². The molecule has 0 unspecified atom stereocenters. The van der Waals surface area contributed by atoms with Crippen LogP contribution in [0.5, 0.6) is 0 Å². The lowest BCUT2D eigenvalue weighted by Gasteiger charge is -2.22. The molecule has 0 saturated heterocycles. The van der Waals surface area contributed by atoms with Crippen LogP contribution in [-0.2, 0) is 14.8 Å². The summed E-state index contributed by atoms with van der Waals surface area (Å²) in [6.45, 7) is 4.24. The van der Waals surface area contributed by atoms with E-state index in [1.165, 1.54) is 10.5 Å². The lowest BCUT2D eigenvalue weighted by atomic mass is 10.2. The van der Waals surface area contributed by atoms with Crippen molar-refractivity contribution < 1.29 is 13.2 Å². The van der Waals surface area contributed by atoms with Crippen LogP contribution in [0.25, 0.3) is 0 Å². The highest BCUT2D eigenvalue weighted by molar-refractivity contribution is 7.99. The first-order chi connectivity index (χ1) is 12.8. The van der Waals surface area contributed by atoms with E-state index in [4.69, 9.17) is 0 Å². The Kier molecular flexibility index (Phi) is 7.74. The van der Waals surface area contributed by atoms with Gasteiger partial charge in [-0.25, -0.2) is 8.42 Å². The number of hydrogen-bond acceptors (Lipinski definition) is 4. The Morgan fingerprint density at radius 3 is 2.41 bits per heavy atom. The van der Waals surface area contributed by atoms with E-state index in [1.807, 2.05) is 13.0 Å². The standard InChI is InChI=1S/C20H26N2O3S2/c1-16-8-10-19(11-9-16)26-13-5-12-21-20(23)15-22(27(3,24)25)18-7-4-6-17(2)14-18/h4,6-11,14H,5,12-13,15H2,1-3H3,(H,21,23). The van der Waals surface area contributed by atoms with Crippen molar-refractivity contribution in [3.8, 4) is 0 Å². The number of carbonyl (C=O) groups excluding carboxylic acids is 1. The normalized spacial score (nSPS) is 11.2. The van der Waals surface area contributed by atoms with Gasteiger partial charge in [-0.15, -0.1) is 11.8 Å². The first-order valence-corrected chi connectivity index (χ1v) is 11.6. The van der Waals surface area contributed by atoms with Crippen molar-refractivity contribution in [3.63, 3.8) is 0 Å². The van der Waals surface area contributed by atoms with Crippen molar-refractivity contribution in [2.75, 3.05) is 29.4 Å². The molecule has 0 aromatic heterocycles. The van der Waals surface area contributed by atoms with Gasteiger partial charge in [-0.2, -0.15) is 0 Å². The van der Waals surface area contributed by atoms with Gasteiger partial charge < -0.3 is 5.32 Å². The molecule has 2 aromatic carbocycles. The zero-order chi connectivity index (χ0) is 19.9. The highest BCUT2D eigenvalue weighted by atomic mass is 32.2. The molecule has 2 rings (SSSR count). The lowest BCUT2D eigenvalue weighted by molar-refractivity contribution is -0.119. The fourth-order valence-electron chi connectivity index (χ4n) is 2.49. The zero-order valence-corrected chi connectivity index (χ0v) is 17.6. The largest absolute Gasteiger partial charge is 0.354 e. The molecule has 5 nitrogen and oxygen atoms in total. The minimum atomic E-state index is -3.54. The molecule has 0 aliphatic heterocycles. The number of sulfonamides is 1. The fraction of sp³-hybridized carbons (Fsp3) is 0.350. The number of nitrogens with zero attached hydrogens (tertiary/aromatic N) is 1. The fourth-order valence-corrected chi connectivity index (χ4v) is 4.20. The van der Waals surface area contributed by atoms with Gasteiger partial charge in [0.15, 0.2) is 0 Å². The number of rotatable bonds is 9. The summed E-state index contributed by atoms with van der Waals surface area (Å²) >= 11 is 1.74. The van der Waals surface area contributed by atoms with Crippen molar-refractivity contribution >= 4 is 33.4 Å². The van der Waals surface area contributed by atoms with Crippen LogP contribution >= 0.6 is 11.8 Å². The molecular weight excluding hydrogens is 380 g/mol. The molecule has 0 fully saturated rings.